The van der Waals surface area contributed by atoms with Gasteiger partial charge >= 0.3 is 0 Å². The number of nitrogens with one attached hydrogen (secondary N) is 2. The number of ether oxygens (including phenoxy) is 2. The summed E-state index contributed by atoms with van der Waals surface area (Å²) in [5.74, 6) is 0.593. The normalized spacial score (nSPS) is 11.1. The molecule has 3 aromatic rings. The van der Waals surface area contributed by atoms with Crippen LogP contribution in [0.3, 0.4) is 0 Å². The van der Waals surface area contributed by atoms with Gasteiger partial charge in [0.05, 0.1) is 12.0 Å². The molecule has 0 radical (unpaired) electrons. The van der Waals surface area contributed by atoms with E-state index in [1.165, 1.54) is 43.8 Å². The summed E-state index contributed by atoms with van der Waals surface area (Å²) in [7, 11) is -2.55. The second-order valence-electron chi connectivity index (χ2n) is 7.07. The summed E-state index contributed by atoms with van der Waals surface area (Å²) < 4.78 is 38.2. The molecule has 2 aromatic carbocycles. The molecule has 0 unspecified atom stereocenters. The van der Waals surface area contributed by atoms with Crippen LogP contribution in [0, 0.1) is 0 Å². The number of rotatable bonds is 9. The molecule has 0 atom stereocenters. The largest absolute Gasteiger partial charge is 0.483 e. The highest BCUT2D eigenvalue weighted by Crippen LogP contribution is 2.26. The quantitative estimate of drug-likeness (QED) is 0.506. The van der Waals surface area contributed by atoms with Crippen molar-refractivity contribution in [3.63, 3.8) is 0 Å². The summed E-state index contributed by atoms with van der Waals surface area (Å²) in [6.07, 6.45) is 2.74. The summed E-state index contributed by atoms with van der Waals surface area (Å²) in [6, 6.07) is 13.3. The second kappa shape index (κ2) is 10.1. The standard InChI is InChI=1S/C22H24N4O5S/c1-15(2)18-6-4-5-7-19(18)31-14-20(27)25-16-8-10-17(11-9-16)32(28,29)26-21-22(30-3)24-13-12-23-21/h4-13,15H,14H2,1-3H3,(H,23,26)(H,25,27). The highest BCUT2D eigenvalue weighted by atomic mass is 32.2. The first-order valence-electron chi connectivity index (χ1n) is 9.79. The molecule has 32 heavy (non-hydrogen) atoms. The highest BCUT2D eigenvalue weighted by Gasteiger charge is 2.18. The van der Waals surface area contributed by atoms with Crippen molar-refractivity contribution >= 4 is 27.4 Å². The Labute approximate surface area is 186 Å². The van der Waals surface area contributed by atoms with Crippen LogP contribution >= 0.6 is 0 Å². The Morgan fingerprint density at radius 2 is 1.72 bits per heavy atom. The van der Waals surface area contributed by atoms with Crippen molar-refractivity contribution in [1.82, 2.24) is 9.97 Å². The van der Waals surface area contributed by atoms with E-state index in [-0.39, 0.29) is 35.0 Å². The summed E-state index contributed by atoms with van der Waals surface area (Å²) in [5, 5.41) is 2.69. The minimum atomic E-state index is -3.92. The maximum absolute atomic E-state index is 12.6. The lowest BCUT2D eigenvalue weighted by Crippen LogP contribution is -2.20. The molecular weight excluding hydrogens is 432 g/mol. The fraction of sp³-hybridized carbons (Fsp3) is 0.227. The van der Waals surface area contributed by atoms with E-state index in [2.05, 4.69) is 20.0 Å². The fourth-order valence-electron chi connectivity index (χ4n) is 2.88. The Morgan fingerprint density at radius 1 is 1.03 bits per heavy atom. The Bertz CT molecular complexity index is 1180. The number of methoxy groups -OCH3 is 1. The minimum Gasteiger partial charge on any atom is -0.483 e. The van der Waals surface area contributed by atoms with Gasteiger partial charge < -0.3 is 14.8 Å². The van der Waals surface area contributed by atoms with E-state index in [0.717, 1.165) is 5.56 Å². The molecule has 2 N–H and O–H groups in total. The lowest BCUT2D eigenvalue weighted by Gasteiger charge is -2.14. The number of aromatic nitrogens is 2. The van der Waals surface area contributed by atoms with Crippen molar-refractivity contribution in [3.8, 4) is 11.6 Å². The number of amides is 1. The maximum Gasteiger partial charge on any atom is 0.263 e. The van der Waals surface area contributed by atoms with Crippen molar-refractivity contribution in [1.29, 1.82) is 0 Å². The van der Waals surface area contributed by atoms with E-state index in [1.807, 2.05) is 38.1 Å². The number of benzene rings is 2. The van der Waals surface area contributed by atoms with E-state index in [4.69, 9.17) is 9.47 Å². The van der Waals surface area contributed by atoms with Crippen LogP contribution in [-0.2, 0) is 14.8 Å². The third-order valence-corrected chi connectivity index (χ3v) is 5.79. The first-order chi connectivity index (χ1) is 15.3. The first-order valence-corrected chi connectivity index (χ1v) is 11.3. The van der Waals surface area contributed by atoms with Gasteiger partial charge in [0.25, 0.3) is 21.8 Å². The van der Waals surface area contributed by atoms with Crippen LogP contribution in [0.25, 0.3) is 0 Å². The lowest BCUT2D eigenvalue weighted by atomic mass is 10.0. The first kappa shape index (κ1) is 23.0. The molecule has 0 aliphatic carbocycles. The van der Waals surface area contributed by atoms with Gasteiger partial charge in [-0.1, -0.05) is 32.0 Å². The van der Waals surface area contributed by atoms with Gasteiger partial charge in [0.1, 0.15) is 5.75 Å². The molecule has 3 rings (SSSR count). The van der Waals surface area contributed by atoms with Gasteiger partial charge in [0.15, 0.2) is 6.61 Å². The molecule has 0 aliphatic heterocycles. The van der Waals surface area contributed by atoms with Crippen LogP contribution in [0.4, 0.5) is 11.5 Å². The zero-order valence-electron chi connectivity index (χ0n) is 17.9. The summed E-state index contributed by atoms with van der Waals surface area (Å²) in [6.45, 7) is 3.93. The molecule has 1 aromatic heterocycles. The topological polar surface area (TPSA) is 120 Å². The SMILES string of the molecule is COc1nccnc1NS(=O)(=O)c1ccc(NC(=O)COc2ccccc2C(C)C)cc1. The molecule has 0 spiro atoms. The Hall–Kier alpha value is -3.66. The average Bonchev–Trinajstić information content (AvgIpc) is 2.78. The number of hydrogen-bond donors (Lipinski definition) is 2. The molecule has 0 saturated carbocycles. The van der Waals surface area contributed by atoms with Gasteiger partial charge in [-0.05, 0) is 41.8 Å². The summed E-state index contributed by atoms with van der Waals surface area (Å²) in [4.78, 5) is 20.1. The number of para-hydroxylation sites is 1. The number of nitrogens with zero attached hydrogens (tertiary/aromatic N) is 2. The molecule has 0 bridgehead atoms. The van der Waals surface area contributed by atoms with Gasteiger partial charge in [-0.15, -0.1) is 0 Å². The van der Waals surface area contributed by atoms with Crippen molar-refractivity contribution in [2.45, 2.75) is 24.7 Å². The molecular formula is C22H24N4O5S. The average molecular weight is 457 g/mol. The Kier molecular flexibility index (Phi) is 7.26. The Balaban J connectivity index is 1.62. The van der Waals surface area contributed by atoms with Crippen LogP contribution in [0.2, 0.25) is 0 Å². The predicted molar refractivity (Wildman–Crippen MR) is 120 cm³/mol. The second-order valence-corrected chi connectivity index (χ2v) is 8.76. The molecule has 1 amide bonds. The van der Waals surface area contributed by atoms with E-state index in [0.29, 0.717) is 11.4 Å². The van der Waals surface area contributed by atoms with Crippen LogP contribution in [-0.4, -0.2) is 38.0 Å². The van der Waals surface area contributed by atoms with Gasteiger partial charge in [-0.2, -0.15) is 0 Å². The maximum atomic E-state index is 12.6. The smallest absolute Gasteiger partial charge is 0.263 e. The van der Waals surface area contributed by atoms with E-state index in [9.17, 15) is 13.2 Å². The summed E-state index contributed by atoms with van der Waals surface area (Å²) in [5.41, 5.74) is 1.45. The van der Waals surface area contributed by atoms with E-state index in [1.54, 1.807) is 0 Å². The molecule has 9 nitrogen and oxygen atoms in total. The van der Waals surface area contributed by atoms with Gasteiger partial charge in [-0.25, -0.2) is 18.4 Å². The van der Waals surface area contributed by atoms with Crippen LogP contribution in [0.15, 0.2) is 65.8 Å². The zero-order chi connectivity index (χ0) is 23.1. The fourth-order valence-corrected chi connectivity index (χ4v) is 3.88. The molecule has 0 fully saturated rings. The van der Waals surface area contributed by atoms with E-state index >= 15 is 0 Å². The van der Waals surface area contributed by atoms with Gasteiger partial charge in [0, 0.05) is 18.1 Å². The highest BCUT2D eigenvalue weighted by molar-refractivity contribution is 7.92. The third kappa shape index (κ3) is 5.73. The number of anilines is 2. The number of sulfonamides is 1. The van der Waals surface area contributed by atoms with Gasteiger partial charge in [-0.3, -0.25) is 9.52 Å². The molecule has 168 valence electrons. The van der Waals surface area contributed by atoms with Crippen LogP contribution in [0.5, 0.6) is 11.6 Å². The molecule has 0 saturated heterocycles. The minimum absolute atomic E-state index is 0.00897. The van der Waals surface area contributed by atoms with Crippen molar-refractivity contribution in [2.75, 3.05) is 23.8 Å². The van der Waals surface area contributed by atoms with Gasteiger partial charge in [0.2, 0.25) is 5.82 Å². The number of carbonyl (C=O) groups excluding carboxylic acids is 1. The van der Waals surface area contributed by atoms with Crippen molar-refractivity contribution in [3.05, 3.63) is 66.5 Å². The third-order valence-electron chi connectivity index (χ3n) is 4.44. The van der Waals surface area contributed by atoms with Crippen LogP contribution < -0.4 is 19.5 Å². The lowest BCUT2D eigenvalue weighted by molar-refractivity contribution is -0.118. The number of hydrogen-bond acceptors (Lipinski definition) is 7. The predicted octanol–water partition coefficient (Wildman–Crippen LogP) is 3.43. The van der Waals surface area contributed by atoms with Crippen LogP contribution in [0.1, 0.15) is 25.3 Å². The summed E-state index contributed by atoms with van der Waals surface area (Å²) >= 11 is 0. The molecule has 0 aliphatic rings. The molecule has 10 heteroatoms. The zero-order valence-corrected chi connectivity index (χ0v) is 18.7. The number of carbonyl (C=O) groups is 1. The monoisotopic (exact) mass is 456 g/mol. The Morgan fingerprint density at radius 3 is 2.41 bits per heavy atom. The van der Waals surface area contributed by atoms with Crippen molar-refractivity contribution in [2.24, 2.45) is 0 Å². The van der Waals surface area contributed by atoms with E-state index < -0.39 is 10.0 Å². The van der Waals surface area contributed by atoms with Crippen molar-refractivity contribution < 1.29 is 22.7 Å². The molecule has 1 heterocycles.